The van der Waals surface area contributed by atoms with Gasteiger partial charge in [0.25, 0.3) is 0 Å². The molecule has 0 saturated heterocycles. The van der Waals surface area contributed by atoms with Crippen LogP contribution >= 0.6 is 0 Å². The number of carboxylic acid groups (broad SMARTS) is 1. The summed E-state index contributed by atoms with van der Waals surface area (Å²) in [7, 11) is 0. The molecule has 1 aromatic carbocycles. The fourth-order valence-electron chi connectivity index (χ4n) is 3.50. The Morgan fingerprint density at radius 1 is 1.45 bits per heavy atom. The van der Waals surface area contributed by atoms with Crippen LogP contribution in [0.1, 0.15) is 54.7 Å². The van der Waals surface area contributed by atoms with Crippen molar-refractivity contribution in [3.63, 3.8) is 0 Å². The molecule has 20 heavy (non-hydrogen) atoms. The standard InChI is InChI=1S/C16H16FNO2/c1-8-7-16(2,3)12-11(15(19)20)9-5-4-6-10(17)14(9)18-13(8)12/h4-6,8H,7H2,1-3H3,(H,19,20). The number of nitrogens with zero attached hydrogens (tertiary/aromatic N) is 1. The third-order valence-electron chi connectivity index (χ3n) is 4.17. The Hall–Kier alpha value is -1.97. The van der Waals surface area contributed by atoms with Crippen molar-refractivity contribution in [1.29, 1.82) is 0 Å². The smallest absolute Gasteiger partial charge is 0.336 e. The van der Waals surface area contributed by atoms with Gasteiger partial charge in [0.15, 0.2) is 0 Å². The summed E-state index contributed by atoms with van der Waals surface area (Å²) in [6.45, 7) is 6.06. The van der Waals surface area contributed by atoms with Gasteiger partial charge in [-0.05, 0) is 29.4 Å². The maximum Gasteiger partial charge on any atom is 0.336 e. The summed E-state index contributed by atoms with van der Waals surface area (Å²) in [5.41, 5.74) is 1.60. The molecule has 0 spiro atoms. The Bertz CT molecular complexity index is 737. The maximum atomic E-state index is 14.0. The number of carbonyl (C=O) groups is 1. The summed E-state index contributed by atoms with van der Waals surface area (Å²) in [6, 6.07) is 4.48. The number of fused-ring (bicyclic) bond motifs is 2. The maximum absolute atomic E-state index is 14.0. The molecule has 0 saturated carbocycles. The second-order valence-corrected chi connectivity index (χ2v) is 6.18. The molecule has 0 aliphatic heterocycles. The molecule has 0 bridgehead atoms. The van der Waals surface area contributed by atoms with Gasteiger partial charge in [-0.25, -0.2) is 14.2 Å². The highest BCUT2D eigenvalue weighted by molar-refractivity contribution is 6.04. The van der Waals surface area contributed by atoms with Crippen molar-refractivity contribution in [2.24, 2.45) is 0 Å². The molecule has 1 heterocycles. The van der Waals surface area contributed by atoms with Crippen molar-refractivity contribution in [1.82, 2.24) is 4.98 Å². The molecule has 1 atom stereocenters. The van der Waals surface area contributed by atoms with Gasteiger partial charge in [-0.2, -0.15) is 0 Å². The Morgan fingerprint density at radius 3 is 2.80 bits per heavy atom. The average molecular weight is 273 g/mol. The topological polar surface area (TPSA) is 50.2 Å². The lowest BCUT2D eigenvalue weighted by Gasteiger charge is -2.21. The van der Waals surface area contributed by atoms with Gasteiger partial charge in [0.1, 0.15) is 11.3 Å². The van der Waals surface area contributed by atoms with Crippen LogP contribution in [-0.2, 0) is 5.41 Å². The number of aromatic nitrogens is 1. The van der Waals surface area contributed by atoms with E-state index in [1.807, 2.05) is 20.8 Å². The Morgan fingerprint density at radius 2 is 2.15 bits per heavy atom. The van der Waals surface area contributed by atoms with Gasteiger partial charge >= 0.3 is 5.97 Å². The predicted octanol–water partition coefficient (Wildman–Crippen LogP) is 3.86. The number of carboxylic acids is 1. The van der Waals surface area contributed by atoms with Gasteiger partial charge in [0, 0.05) is 11.1 Å². The lowest BCUT2D eigenvalue weighted by atomic mass is 9.83. The van der Waals surface area contributed by atoms with E-state index in [2.05, 4.69) is 4.98 Å². The summed E-state index contributed by atoms with van der Waals surface area (Å²) < 4.78 is 14.0. The van der Waals surface area contributed by atoms with E-state index in [1.54, 1.807) is 6.07 Å². The Labute approximate surface area is 116 Å². The second-order valence-electron chi connectivity index (χ2n) is 6.18. The number of hydrogen-bond acceptors (Lipinski definition) is 2. The molecule has 2 aromatic rings. The second kappa shape index (κ2) is 4.01. The normalized spacial score (nSPS) is 20.1. The molecule has 1 aliphatic carbocycles. The monoisotopic (exact) mass is 273 g/mol. The zero-order valence-electron chi connectivity index (χ0n) is 11.7. The molecule has 3 nitrogen and oxygen atoms in total. The van der Waals surface area contributed by atoms with Crippen LogP contribution in [0.3, 0.4) is 0 Å². The van der Waals surface area contributed by atoms with Gasteiger partial charge in [0.2, 0.25) is 0 Å². The van der Waals surface area contributed by atoms with Crippen molar-refractivity contribution < 1.29 is 14.3 Å². The van der Waals surface area contributed by atoms with Crippen LogP contribution in [0.4, 0.5) is 4.39 Å². The summed E-state index contributed by atoms with van der Waals surface area (Å²) in [4.78, 5) is 16.2. The Balaban J connectivity index is 2.53. The van der Waals surface area contributed by atoms with Crippen LogP contribution in [0.25, 0.3) is 10.9 Å². The number of halogens is 1. The third-order valence-corrected chi connectivity index (χ3v) is 4.17. The molecule has 0 fully saturated rings. The van der Waals surface area contributed by atoms with E-state index in [-0.39, 0.29) is 22.4 Å². The van der Waals surface area contributed by atoms with Gasteiger partial charge in [-0.1, -0.05) is 32.9 Å². The summed E-state index contributed by atoms with van der Waals surface area (Å²) in [5, 5.41) is 9.99. The fourth-order valence-corrected chi connectivity index (χ4v) is 3.50. The molecule has 4 heteroatoms. The predicted molar refractivity (Wildman–Crippen MR) is 74.7 cm³/mol. The van der Waals surface area contributed by atoms with Crippen molar-refractivity contribution in [3.8, 4) is 0 Å². The van der Waals surface area contributed by atoms with Crippen LogP contribution in [0.5, 0.6) is 0 Å². The van der Waals surface area contributed by atoms with E-state index >= 15 is 0 Å². The summed E-state index contributed by atoms with van der Waals surface area (Å²) in [6.07, 6.45) is 0.827. The van der Waals surface area contributed by atoms with Crippen LogP contribution < -0.4 is 0 Å². The molecule has 1 aliphatic rings. The first-order valence-corrected chi connectivity index (χ1v) is 6.69. The van der Waals surface area contributed by atoms with Crippen LogP contribution in [-0.4, -0.2) is 16.1 Å². The number of benzene rings is 1. The van der Waals surface area contributed by atoms with Crippen LogP contribution in [0, 0.1) is 5.82 Å². The highest BCUT2D eigenvalue weighted by Crippen LogP contribution is 2.47. The molecule has 0 radical (unpaired) electrons. The zero-order valence-corrected chi connectivity index (χ0v) is 11.7. The first-order valence-electron chi connectivity index (χ1n) is 6.69. The van der Waals surface area contributed by atoms with Crippen LogP contribution in [0.2, 0.25) is 0 Å². The number of pyridine rings is 1. The van der Waals surface area contributed by atoms with Gasteiger partial charge in [0.05, 0.1) is 5.56 Å². The molecule has 1 aromatic heterocycles. The largest absolute Gasteiger partial charge is 0.478 e. The van der Waals surface area contributed by atoms with E-state index in [1.165, 1.54) is 12.1 Å². The minimum atomic E-state index is -1.01. The number of hydrogen-bond donors (Lipinski definition) is 1. The van der Waals surface area contributed by atoms with E-state index in [0.717, 1.165) is 17.7 Å². The highest BCUT2D eigenvalue weighted by Gasteiger charge is 2.40. The fraction of sp³-hybridized carbons (Fsp3) is 0.375. The van der Waals surface area contributed by atoms with E-state index in [4.69, 9.17) is 0 Å². The zero-order chi connectivity index (χ0) is 14.7. The molecular formula is C16H16FNO2. The van der Waals surface area contributed by atoms with Crippen molar-refractivity contribution in [3.05, 3.63) is 40.8 Å². The molecule has 0 amide bonds. The van der Waals surface area contributed by atoms with Gasteiger partial charge in [-0.15, -0.1) is 0 Å². The lowest BCUT2D eigenvalue weighted by Crippen LogP contribution is -2.18. The van der Waals surface area contributed by atoms with E-state index in [0.29, 0.717) is 5.39 Å². The minimum Gasteiger partial charge on any atom is -0.478 e. The number of aromatic carboxylic acids is 1. The average Bonchev–Trinajstić information content (AvgIpc) is 2.58. The number of para-hydroxylation sites is 1. The highest BCUT2D eigenvalue weighted by atomic mass is 19.1. The van der Waals surface area contributed by atoms with E-state index in [9.17, 15) is 14.3 Å². The first-order chi connectivity index (χ1) is 9.33. The van der Waals surface area contributed by atoms with Crippen molar-refractivity contribution in [2.45, 2.75) is 38.5 Å². The molecule has 104 valence electrons. The molecule has 1 N–H and O–H groups in total. The van der Waals surface area contributed by atoms with Crippen molar-refractivity contribution >= 4 is 16.9 Å². The Kier molecular flexibility index (Phi) is 2.61. The molecule has 1 unspecified atom stereocenters. The van der Waals surface area contributed by atoms with Crippen molar-refractivity contribution in [2.75, 3.05) is 0 Å². The summed E-state index contributed by atoms with van der Waals surface area (Å²) in [5.74, 6) is -1.34. The SMILES string of the molecule is CC1CC(C)(C)c2c1nc1c(F)cccc1c2C(=O)O. The molecule has 3 rings (SSSR count). The minimum absolute atomic E-state index is 0.141. The number of rotatable bonds is 1. The summed E-state index contributed by atoms with van der Waals surface area (Å²) >= 11 is 0. The van der Waals surface area contributed by atoms with E-state index < -0.39 is 11.8 Å². The van der Waals surface area contributed by atoms with Gasteiger partial charge in [-0.3, -0.25) is 0 Å². The third kappa shape index (κ3) is 1.64. The quantitative estimate of drug-likeness (QED) is 0.858. The molecular weight excluding hydrogens is 257 g/mol. The van der Waals surface area contributed by atoms with Crippen LogP contribution in [0.15, 0.2) is 18.2 Å². The first kappa shape index (κ1) is 13.0. The van der Waals surface area contributed by atoms with Gasteiger partial charge < -0.3 is 5.11 Å². The lowest BCUT2D eigenvalue weighted by molar-refractivity contribution is 0.0696.